The molecule has 0 saturated heterocycles. The van der Waals surface area contributed by atoms with Gasteiger partial charge in [0.25, 0.3) is 5.69 Å². The SMILES string of the molecule is N#C/C(=C\c1ccc(SCCO)c([N+](=O)[O-])c1)c1cccc2ccccc12. The van der Waals surface area contributed by atoms with Crippen LogP contribution in [0.2, 0.25) is 0 Å². The minimum absolute atomic E-state index is 0.0302. The van der Waals surface area contributed by atoms with Crippen molar-refractivity contribution in [3.63, 3.8) is 0 Å². The minimum atomic E-state index is -0.443. The van der Waals surface area contributed by atoms with Gasteiger partial charge in [-0.2, -0.15) is 5.26 Å². The molecule has 0 fully saturated rings. The molecule has 0 aliphatic heterocycles. The third-order valence-corrected chi connectivity index (χ3v) is 5.08. The third-order valence-electron chi connectivity index (χ3n) is 4.04. The number of thioether (sulfide) groups is 1. The fourth-order valence-corrected chi connectivity index (χ4v) is 3.60. The molecule has 0 amide bonds. The first kappa shape index (κ1) is 18.6. The summed E-state index contributed by atoms with van der Waals surface area (Å²) in [7, 11) is 0. The topological polar surface area (TPSA) is 87.2 Å². The normalized spacial score (nSPS) is 11.3. The average Bonchev–Trinajstić information content (AvgIpc) is 2.70. The van der Waals surface area contributed by atoms with Gasteiger partial charge >= 0.3 is 0 Å². The van der Waals surface area contributed by atoms with E-state index in [9.17, 15) is 15.4 Å². The molecule has 0 heterocycles. The zero-order valence-electron chi connectivity index (χ0n) is 14.3. The lowest BCUT2D eigenvalue weighted by Gasteiger charge is -2.06. The Bertz CT molecular complexity index is 1070. The molecule has 134 valence electrons. The quantitative estimate of drug-likeness (QED) is 0.217. The highest BCUT2D eigenvalue weighted by molar-refractivity contribution is 7.99. The first-order valence-electron chi connectivity index (χ1n) is 8.26. The number of fused-ring (bicyclic) bond motifs is 1. The second-order valence-corrected chi connectivity index (χ2v) is 6.89. The first-order chi connectivity index (χ1) is 13.1. The van der Waals surface area contributed by atoms with Crippen LogP contribution >= 0.6 is 11.8 Å². The summed E-state index contributed by atoms with van der Waals surface area (Å²) in [6.07, 6.45) is 1.66. The van der Waals surface area contributed by atoms with Gasteiger partial charge in [0, 0.05) is 17.4 Å². The number of hydrogen-bond donors (Lipinski definition) is 1. The summed E-state index contributed by atoms with van der Waals surface area (Å²) >= 11 is 1.23. The van der Waals surface area contributed by atoms with Crippen molar-refractivity contribution in [2.24, 2.45) is 0 Å². The van der Waals surface area contributed by atoms with Crippen molar-refractivity contribution < 1.29 is 10.0 Å². The highest BCUT2D eigenvalue weighted by Crippen LogP contribution is 2.32. The number of allylic oxidation sites excluding steroid dienone is 1. The van der Waals surface area contributed by atoms with E-state index in [4.69, 9.17) is 5.11 Å². The van der Waals surface area contributed by atoms with Crippen molar-refractivity contribution in [1.82, 2.24) is 0 Å². The highest BCUT2D eigenvalue weighted by atomic mass is 32.2. The van der Waals surface area contributed by atoms with Crippen LogP contribution in [0.4, 0.5) is 5.69 Å². The molecule has 3 aromatic rings. The van der Waals surface area contributed by atoms with Gasteiger partial charge < -0.3 is 5.11 Å². The lowest BCUT2D eigenvalue weighted by molar-refractivity contribution is -0.387. The number of nitro benzene ring substituents is 1. The lowest BCUT2D eigenvalue weighted by atomic mass is 9.97. The van der Waals surface area contributed by atoms with Gasteiger partial charge in [0.15, 0.2) is 0 Å². The number of benzene rings is 3. The Labute approximate surface area is 160 Å². The van der Waals surface area contributed by atoms with Crippen LogP contribution in [0.5, 0.6) is 0 Å². The summed E-state index contributed by atoms with van der Waals surface area (Å²) in [6, 6.07) is 20.6. The lowest BCUT2D eigenvalue weighted by Crippen LogP contribution is -1.94. The van der Waals surface area contributed by atoms with Gasteiger partial charge in [-0.15, -0.1) is 11.8 Å². The molecule has 0 aliphatic carbocycles. The molecule has 0 aliphatic rings. The number of rotatable bonds is 6. The Hall–Kier alpha value is -3.14. The Morgan fingerprint density at radius 3 is 2.70 bits per heavy atom. The predicted octanol–water partition coefficient (Wildman–Crippen LogP) is 4.90. The Kier molecular flexibility index (Phi) is 5.87. The molecule has 0 spiro atoms. The zero-order chi connectivity index (χ0) is 19.2. The van der Waals surface area contributed by atoms with Crippen molar-refractivity contribution in [3.8, 4) is 6.07 Å². The van der Waals surface area contributed by atoms with E-state index in [0.29, 0.717) is 21.8 Å². The van der Waals surface area contributed by atoms with Crippen LogP contribution in [0, 0.1) is 21.4 Å². The van der Waals surface area contributed by atoms with Gasteiger partial charge in [-0.1, -0.05) is 48.5 Å². The standard InChI is InChI=1S/C21H16N2O3S/c22-14-17(19-7-3-5-16-4-1-2-6-18(16)19)12-15-8-9-21(27-11-10-24)20(13-15)23(25)26/h1-9,12-13,24H,10-11H2/b17-12+. The third kappa shape index (κ3) is 4.17. The van der Waals surface area contributed by atoms with Crippen LogP contribution < -0.4 is 0 Å². The van der Waals surface area contributed by atoms with Crippen LogP contribution in [0.3, 0.4) is 0 Å². The molecule has 0 unspecified atom stereocenters. The van der Waals surface area contributed by atoms with E-state index in [1.54, 1.807) is 18.2 Å². The van der Waals surface area contributed by atoms with Crippen LogP contribution in [-0.2, 0) is 0 Å². The molecule has 1 N–H and O–H groups in total. The number of aliphatic hydroxyl groups excluding tert-OH is 1. The molecule has 0 atom stereocenters. The van der Waals surface area contributed by atoms with E-state index >= 15 is 0 Å². The summed E-state index contributed by atoms with van der Waals surface area (Å²) in [5.41, 5.74) is 1.78. The van der Waals surface area contributed by atoms with Crippen molar-refractivity contribution in [1.29, 1.82) is 5.26 Å². The maximum atomic E-state index is 11.4. The first-order valence-corrected chi connectivity index (χ1v) is 9.24. The molecule has 0 bridgehead atoms. The Balaban J connectivity index is 2.07. The van der Waals surface area contributed by atoms with Crippen molar-refractivity contribution in [3.05, 3.63) is 81.9 Å². The van der Waals surface area contributed by atoms with Gasteiger partial charge in [0.05, 0.1) is 28.1 Å². The monoisotopic (exact) mass is 376 g/mol. The highest BCUT2D eigenvalue weighted by Gasteiger charge is 2.15. The molecular weight excluding hydrogens is 360 g/mol. The van der Waals surface area contributed by atoms with E-state index in [1.165, 1.54) is 17.8 Å². The summed E-state index contributed by atoms with van der Waals surface area (Å²) in [6.45, 7) is -0.0524. The second kappa shape index (κ2) is 8.49. The van der Waals surface area contributed by atoms with Crippen LogP contribution in [0.15, 0.2) is 65.6 Å². The van der Waals surface area contributed by atoms with Gasteiger partial charge in [-0.3, -0.25) is 10.1 Å². The van der Waals surface area contributed by atoms with Gasteiger partial charge in [-0.25, -0.2) is 0 Å². The average molecular weight is 376 g/mol. The van der Waals surface area contributed by atoms with Gasteiger partial charge in [0.2, 0.25) is 0 Å². The molecule has 0 radical (unpaired) electrons. The van der Waals surface area contributed by atoms with Crippen molar-refractivity contribution in [2.75, 3.05) is 12.4 Å². The molecule has 5 nitrogen and oxygen atoms in total. The zero-order valence-corrected chi connectivity index (χ0v) is 15.1. The Morgan fingerprint density at radius 1 is 1.19 bits per heavy atom. The van der Waals surface area contributed by atoms with E-state index in [-0.39, 0.29) is 12.3 Å². The molecule has 3 rings (SSSR count). The summed E-state index contributed by atoms with van der Waals surface area (Å²) in [5, 5.41) is 32.0. The molecule has 3 aromatic carbocycles. The van der Waals surface area contributed by atoms with Crippen molar-refractivity contribution >= 4 is 39.9 Å². The minimum Gasteiger partial charge on any atom is -0.396 e. The maximum absolute atomic E-state index is 11.4. The number of hydrogen-bond acceptors (Lipinski definition) is 5. The van der Waals surface area contributed by atoms with E-state index in [0.717, 1.165) is 16.3 Å². The van der Waals surface area contributed by atoms with E-state index in [1.807, 2.05) is 42.5 Å². The van der Waals surface area contributed by atoms with Gasteiger partial charge in [0.1, 0.15) is 0 Å². The number of nitriles is 1. The maximum Gasteiger partial charge on any atom is 0.283 e. The number of aliphatic hydroxyl groups is 1. The summed E-state index contributed by atoms with van der Waals surface area (Å²) in [4.78, 5) is 11.4. The fraction of sp³-hybridized carbons (Fsp3) is 0.0952. The molecule has 0 saturated carbocycles. The number of nitro groups is 1. The van der Waals surface area contributed by atoms with Crippen LogP contribution in [0.25, 0.3) is 22.4 Å². The van der Waals surface area contributed by atoms with Gasteiger partial charge in [-0.05, 0) is 28.5 Å². The molecular formula is C21H16N2O3S. The van der Waals surface area contributed by atoms with E-state index in [2.05, 4.69) is 6.07 Å². The summed E-state index contributed by atoms with van der Waals surface area (Å²) in [5.74, 6) is 0.384. The fourth-order valence-electron chi connectivity index (χ4n) is 2.84. The smallest absolute Gasteiger partial charge is 0.283 e. The molecule has 27 heavy (non-hydrogen) atoms. The van der Waals surface area contributed by atoms with Crippen LogP contribution in [-0.4, -0.2) is 22.4 Å². The van der Waals surface area contributed by atoms with E-state index < -0.39 is 4.92 Å². The molecule has 0 aromatic heterocycles. The molecule has 6 heteroatoms. The predicted molar refractivity (Wildman–Crippen MR) is 108 cm³/mol. The largest absolute Gasteiger partial charge is 0.396 e. The Morgan fingerprint density at radius 2 is 1.96 bits per heavy atom. The summed E-state index contributed by atoms with van der Waals surface area (Å²) < 4.78 is 0. The number of nitrogens with zero attached hydrogens (tertiary/aromatic N) is 2. The van der Waals surface area contributed by atoms with Crippen molar-refractivity contribution in [2.45, 2.75) is 4.90 Å². The van der Waals surface area contributed by atoms with Crippen LogP contribution in [0.1, 0.15) is 11.1 Å². The second-order valence-electron chi connectivity index (χ2n) is 5.75.